The van der Waals surface area contributed by atoms with Crippen LogP contribution in [0.2, 0.25) is 5.02 Å². The van der Waals surface area contributed by atoms with E-state index in [-0.39, 0.29) is 0 Å². The minimum absolute atomic E-state index is 0.547. The molecule has 120 valence electrons. The minimum Gasteiger partial charge on any atom is -0.354 e. The Morgan fingerprint density at radius 1 is 1.29 bits per heavy atom. The number of hydrogen-bond acceptors (Lipinski definition) is 5. The SMILES string of the molecule is CCCNc1ncc(Cl)c(N(CCN(C)C)CC(C)C)n1. The van der Waals surface area contributed by atoms with E-state index in [1.165, 1.54) is 0 Å². The van der Waals surface area contributed by atoms with Crippen LogP contribution in [-0.4, -0.2) is 55.1 Å². The third kappa shape index (κ3) is 6.48. The smallest absolute Gasteiger partial charge is 0.224 e. The molecule has 1 aromatic heterocycles. The second kappa shape index (κ2) is 9.05. The zero-order valence-electron chi connectivity index (χ0n) is 13.9. The van der Waals surface area contributed by atoms with E-state index in [0.29, 0.717) is 16.9 Å². The quantitative estimate of drug-likeness (QED) is 0.759. The summed E-state index contributed by atoms with van der Waals surface area (Å²) in [4.78, 5) is 13.2. The lowest BCUT2D eigenvalue weighted by Crippen LogP contribution is -2.35. The highest BCUT2D eigenvalue weighted by Crippen LogP contribution is 2.24. The van der Waals surface area contributed by atoms with E-state index in [1.54, 1.807) is 6.20 Å². The van der Waals surface area contributed by atoms with Crippen LogP contribution in [0, 0.1) is 5.92 Å². The first-order chi connectivity index (χ1) is 9.93. The molecule has 1 heterocycles. The molecule has 1 N–H and O–H groups in total. The molecule has 0 fully saturated rings. The van der Waals surface area contributed by atoms with E-state index >= 15 is 0 Å². The summed E-state index contributed by atoms with van der Waals surface area (Å²) in [5.74, 6) is 2.01. The number of likely N-dealkylation sites (N-methyl/N-ethyl adjacent to an activating group) is 1. The van der Waals surface area contributed by atoms with Crippen LogP contribution in [0.3, 0.4) is 0 Å². The largest absolute Gasteiger partial charge is 0.354 e. The zero-order chi connectivity index (χ0) is 15.8. The zero-order valence-corrected chi connectivity index (χ0v) is 14.6. The lowest BCUT2D eigenvalue weighted by Gasteiger charge is -2.28. The molecule has 1 rings (SSSR count). The van der Waals surface area contributed by atoms with Gasteiger partial charge >= 0.3 is 0 Å². The molecule has 21 heavy (non-hydrogen) atoms. The monoisotopic (exact) mass is 313 g/mol. The molecular formula is C15H28ClN5. The van der Waals surface area contributed by atoms with Crippen molar-refractivity contribution in [2.75, 3.05) is 50.5 Å². The molecule has 0 amide bonds. The van der Waals surface area contributed by atoms with Gasteiger partial charge in [0.1, 0.15) is 5.02 Å². The maximum absolute atomic E-state index is 6.32. The number of rotatable bonds is 9. The molecule has 5 nitrogen and oxygen atoms in total. The van der Waals surface area contributed by atoms with Crippen molar-refractivity contribution in [3.63, 3.8) is 0 Å². The summed E-state index contributed by atoms with van der Waals surface area (Å²) in [6.07, 6.45) is 2.72. The fourth-order valence-electron chi connectivity index (χ4n) is 1.95. The highest BCUT2D eigenvalue weighted by Gasteiger charge is 2.15. The van der Waals surface area contributed by atoms with Crippen LogP contribution in [0.25, 0.3) is 0 Å². The predicted molar refractivity (Wildman–Crippen MR) is 91.4 cm³/mol. The van der Waals surface area contributed by atoms with Crippen LogP contribution >= 0.6 is 11.6 Å². The summed E-state index contributed by atoms with van der Waals surface area (Å²) in [6.45, 7) is 10.2. The third-order valence-corrected chi connectivity index (χ3v) is 3.23. The van der Waals surface area contributed by atoms with E-state index in [1.807, 2.05) is 0 Å². The molecule has 0 saturated carbocycles. The van der Waals surface area contributed by atoms with Gasteiger partial charge in [-0.2, -0.15) is 4.98 Å². The highest BCUT2D eigenvalue weighted by molar-refractivity contribution is 6.32. The van der Waals surface area contributed by atoms with Crippen molar-refractivity contribution in [1.29, 1.82) is 0 Å². The molecule has 0 unspecified atom stereocenters. The molecule has 0 atom stereocenters. The Bertz CT molecular complexity index is 423. The molecule has 0 aliphatic carbocycles. The molecule has 1 aromatic rings. The van der Waals surface area contributed by atoms with Gasteiger partial charge in [0.2, 0.25) is 5.95 Å². The summed E-state index contributed by atoms with van der Waals surface area (Å²) < 4.78 is 0. The van der Waals surface area contributed by atoms with E-state index in [2.05, 4.69) is 60.0 Å². The predicted octanol–water partition coefficient (Wildman–Crippen LogP) is 2.98. The van der Waals surface area contributed by atoms with Crippen LogP contribution in [0.15, 0.2) is 6.20 Å². The Labute approximate surface area is 133 Å². The second-order valence-corrected chi connectivity index (χ2v) is 6.34. The summed E-state index contributed by atoms with van der Waals surface area (Å²) in [6, 6.07) is 0. The molecule has 0 saturated heterocycles. The van der Waals surface area contributed by atoms with Gasteiger partial charge in [-0.3, -0.25) is 0 Å². The van der Waals surface area contributed by atoms with Crippen LogP contribution in [0.4, 0.5) is 11.8 Å². The van der Waals surface area contributed by atoms with Gasteiger partial charge < -0.3 is 15.1 Å². The first-order valence-corrected chi connectivity index (χ1v) is 7.97. The molecule has 0 bridgehead atoms. The van der Waals surface area contributed by atoms with Crippen molar-refractivity contribution in [2.24, 2.45) is 5.92 Å². The van der Waals surface area contributed by atoms with Crippen LogP contribution in [-0.2, 0) is 0 Å². The van der Waals surface area contributed by atoms with Crippen LogP contribution in [0.5, 0.6) is 0 Å². The van der Waals surface area contributed by atoms with E-state index in [9.17, 15) is 0 Å². The average molecular weight is 314 g/mol. The summed E-state index contributed by atoms with van der Waals surface area (Å²) in [7, 11) is 4.15. The van der Waals surface area contributed by atoms with E-state index in [0.717, 1.165) is 38.4 Å². The molecule has 0 aliphatic rings. The lowest BCUT2D eigenvalue weighted by atomic mass is 10.2. The summed E-state index contributed by atoms with van der Waals surface area (Å²) in [5.41, 5.74) is 0. The van der Waals surface area contributed by atoms with Crippen LogP contribution < -0.4 is 10.2 Å². The summed E-state index contributed by atoms with van der Waals surface area (Å²) >= 11 is 6.32. The van der Waals surface area contributed by atoms with Gasteiger partial charge in [-0.25, -0.2) is 4.98 Å². The van der Waals surface area contributed by atoms with Crippen molar-refractivity contribution in [2.45, 2.75) is 27.2 Å². The third-order valence-electron chi connectivity index (χ3n) is 2.96. The Morgan fingerprint density at radius 3 is 2.57 bits per heavy atom. The van der Waals surface area contributed by atoms with Crippen LogP contribution in [0.1, 0.15) is 27.2 Å². The maximum Gasteiger partial charge on any atom is 0.224 e. The van der Waals surface area contributed by atoms with Crippen molar-refractivity contribution in [3.05, 3.63) is 11.2 Å². The van der Waals surface area contributed by atoms with Gasteiger partial charge in [-0.05, 0) is 26.4 Å². The number of aromatic nitrogens is 2. The second-order valence-electron chi connectivity index (χ2n) is 5.94. The number of nitrogens with one attached hydrogen (secondary N) is 1. The van der Waals surface area contributed by atoms with Gasteiger partial charge in [-0.15, -0.1) is 0 Å². The average Bonchev–Trinajstić information content (AvgIpc) is 2.42. The highest BCUT2D eigenvalue weighted by atomic mass is 35.5. The molecule has 0 aliphatic heterocycles. The van der Waals surface area contributed by atoms with Crippen molar-refractivity contribution < 1.29 is 0 Å². The fourth-order valence-corrected chi connectivity index (χ4v) is 2.16. The standard InChI is InChI=1S/C15H28ClN5/c1-6-7-17-15-18-10-13(16)14(19-15)21(11-12(2)3)9-8-20(4)5/h10,12H,6-9,11H2,1-5H3,(H,17,18,19). The normalized spacial score (nSPS) is 11.2. The Morgan fingerprint density at radius 2 is 2.00 bits per heavy atom. The molecule has 6 heteroatoms. The summed E-state index contributed by atoms with van der Waals surface area (Å²) in [5, 5.41) is 3.82. The number of nitrogens with zero attached hydrogens (tertiary/aromatic N) is 4. The Hall–Kier alpha value is -1.07. The van der Waals surface area contributed by atoms with Gasteiger partial charge in [0.05, 0.1) is 6.20 Å². The van der Waals surface area contributed by atoms with Crippen molar-refractivity contribution >= 4 is 23.4 Å². The maximum atomic E-state index is 6.32. The first-order valence-electron chi connectivity index (χ1n) is 7.60. The van der Waals surface area contributed by atoms with E-state index < -0.39 is 0 Å². The molecule has 0 radical (unpaired) electrons. The Kier molecular flexibility index (Phi) is 7.75. The molecule has 0 aromatic carbocycles. The van der Waals surface area contributed by atoms with Gasteiger partial charge in [-0.1, -0.05) is 32.4 Å². The van der Waals surface area contributed by atoms with E-state index in [4.69, 9.17) is 11.6 Å². The van der Waals surface area contributed by atoms with Crippen molar-refractivity contribution in [3.8, 4) is 0 Å². The molecule has 0 spiro atoms. The van der Waals surface area contributed by atoms with Gasteiger partial charge in [0.15, 0.2) is 5.82 Å². The number of anilines is 2. The van der Waals surface area contributed by atoms with Gasteiger partial charge in [0.25, 0.3) is 0 Å². The lowest BCUT2D eigenvalue weighted by molar-refractivity contribution is 0.408. The number of hydrogen-bond donors (Lipinski definition) is 1. The number of halogens is 1. The van der Waals surface area contributed by atoms with Crippen molar-refractivity contribution in [1.82, 2.24) is 14.9 Å². The fraction of sp³-hybridized carbons (Fsp3) is 0.733. The Balaban J connectivity index is 2.92. The van der Waals surface area contributed by atoms with Gasteiger partial charge in [0, 0.05) is 26.2 Å². The first kappa shape index (κ1) is 18.0. The minimum atomic E-state index is 0.547. The molecular weight excluding hydrogens is 286 g/mol. The topological polar surface area (TPSA) is 44.3 Å².